The molecule has 1 rings (SSSR count). The second kappa shape index (κ2) is 13.4. The zero-order chi connectivity index (χ0) is 18.5. The highest BCUT2D eigenvalue weighted by atomic mass is 79.9. The van der Waals surface area contributed by atoms with Gasteiger partial charge in [-0.1, -0.05) is 63.6 Å². The molecule has 0 aliphatic rings. The van der Waals surface area contributed by atoms with E-state index in [0.29, 0.717) is 6.61 Å². The van der Waals surface area contributed by atoms with E-state index in [1.54, 1.807) is 23.1 Å². The number of rotatable bonds is 14. The number of esters is 1. The van der Waals surface area contributed by atoms with E-state index < -0.39 is 0 Å². The largest absolute Gasteiger partial charge is 0.466 e. The molecule has 0 atom stereocenters. The molecular formula is C17H29BrN2O2S3. The van der Waals surface area contributed by atoms with Crippen molar-refractivity contribution in [1.29, 1.82) is 0 Å². The quantitative estimate of drug-likeness (QED) is 0.143. The molecule has 0 radical (unpaired) electrons. The Morgan fingerprint density at radius 1 is 1.08 bits per heavy atom. The maximum Gasteiger partial charge on any atom is 0.311 e. The van der Waals surface area contributed by atoms with Crippen LogP contribution < -0.4 is 0 Å². The first kappa shape index (κ1) is 23.2. The molecule has 0 saturated carbocycles. The fourth-order valence-corrected chi connectivity index (χ4v) is 5.66. The van der Waals surface area contributed by atoms with Crippen molar-refractivity contribution in [2.45, 2.75) is 68.0 Å². The lowest BCUT2D eigenvalue weighted by atomic mass is 9.87. The number of carbonyl (C=O) groups is 1. The Morgan fingerprint density at radius 3 is 2.24 bits per heavy atom. The third-order valence-electron chi connectivity index (χ3n) is 3.64. The van der Waals surface area contributed by atoms with Crippen molar-refractivity contribution in [3.63, 3.8) is 0 Å². The summed E-state index contributed by atoms with van der Waals surface area (Å²) in [6, 6.07) is 0. The fourth-order valence-electron chi connectivity index (χ4n) is 2.10. The fraction of sp³-hybridized carbons (Fsp3) is 0.824. The Morgan fingerprint density at radius 2 is 1.68 bits per heavy atom. The molecule has 25 heavy (non-hydrogen) atoms. The van der Waals surface area contributed by atoms with E-state index in [9.17, 15) is 4.79 Å². The van der Waals surface area contributed by atoms with Crippen molar-refractivity contribution in [2.24, 2.45) is 5.41 Å². The summed E-state index contributed by atoms with van der Waals surface area (Å²) < 4.78 is 7.25. The smallest absolute Gasteiger partial charge is 0.311 e. The molecule has 0 saturated heterocycles. The zero-order valence-electron chi connectivity index (χ0n) is 15.4. The standard InChI is InChI=1S/C17H29BrN2O2S3/c1-4-22-14(21)17(2,3)10-6-9-13-24-16-20-19-15(25-16)23-12-8-5-7-11-18/h4-13H2,1-3H3. The number of thioether (sulfide) groups is 2. The molecule has 8 heteroatoms. The lowest BCUT2D eigenvalue weighted by Crippen LogP contribution is -2.26. The van der Waals surface area contributed by atoms with Gasteiger partial charge in [-0.15, -0.1) is 10.2 Å². The summed E-state index contributed by atoms with van der Waals surface area (Å²) in [5.74, 6) is 2.04. The maximum absolute atomic E-state index is 11.8. The molecule has 0 aromatic carbocycles. The number of aromatic nitrogens is 2. The van der Waals surface area contributed by atoms with E-state index in [0.717, 1.165) is 44.8 Å². The molecule has 144 valence electrons. The van der Waals surface area contributed by atoms with Gasteiger partial charge in [0.2, 0.25) is 0 Å². The van der Waals surface area contributed by atoms with Crippen LogP contribution in [0.2, 0.25) is 0 Å². The van der Waals surface area contributed by atoms with Crippen LogP contribution in [0.5, 0.6) is 0 Å². The summed E-state index contributed by atoms with van der Waals surface area (Å²) in [7, 11) is 0. The lowest BCUT2D eigenvalue weighted by molar-refractivity contribution is -0.153. The number of alkyl halides is 1. The molecule has 0 spiro atoms. The first-order chi connectivity index (χ1) is 12.0. The number of halogens is 1. The molecule has 0 amide bonds. The van der Waals surface area contributed by atoms with E-state index >= 15 is 0 Å². The topological polar surface area (TPSA) is 52.1 Å². The number of ether oxygens (including phenoxy) is 1. The zero-order valence-corrected chi connectivity index (χ0v) is 19.4. The Balaban J connectivity index is 2.15. The predicted octanol–water partition coefficient (Wildman–Crippen LogP) is 6.05. The lowest BCUT2D eigenvalue weighted by Gasteiger charge is -2.21. The molecule has 1 heterocycles. The highest BCUT2D eigenvalue weighted by Crippen LogP contribution is 2.31. The molecule has 4 nitrogen and oxygen atoms in total. The van der Waals surface area contributed by atoms with Crippen LogP contribution in [0.3, 0.4) is 0 Å². The van der Waals surface area contributed by atoms with Crippen LogP contribution >= 0.6 is 50.8 Å². The predicted molar refractivity (Wildman–Crippen MR) is 113 cm³/mol. The SMILES string of the molecule is CCOC(=O)C(C)(C)CCCCSc1nnc(SCCCCCBr)s1. The van der Waals surface area contributed by atoms with Gasteiger partial charge >= 0.3 is 5.97 Å². The summed E-state index contributed by atoms with van der Waals surface area (Å²) >= 11 is 8.73. The van der Waals surface area contributed by atoms with Crippen molar-refractivity contribution in [3.05, 3.63) is 0 Å². The number of hydrogen-bond donors (Lipinski definition) is 0. The van der Waals surface area contributed by atoms with Crippen LogP contribution in [-0.4, -0.2) is 39.6 Å². The molecule has 0 aliphatic carbocycles. The van der Waals surface area contributed by atoms with Crippen molar-refractivity contribution in [1.82, 2.24) is 10.2 Å². The van der Waals surface area contributed by atoms with Gasteiger partial charge in [-0.25, -0.2) is 0 Å². The van der Waals surface area contributed by atoms with Gasteiger partial charge in [0.25, 0.3) is 0 Å². The Hall–Kier alpha value is 0.210. The molecule has 1 aromatic heterocycles. The van der Waals surface area contributed by atoms with Crippen molar-refractivity contribution < 1.29 is 9.53 Å². The highest BCUT2D eigenvalue weighted by molar-refractivity contribution is 9.09. The third-order valence-corrected chi connectivity index (χ3v) is 7.56. The van der Waals surface area contributed by atoms with Crippen LogP contribution in [0.1, 0.15) is 59.3 Å². The van der Waals surface area contributed by atoms with Gasteiger partial charge in [-0.2, -0.15) is 0 Å². The number of hydrogen-bond acceptors (Lipinski definition) is 7. The first-order valence-corrected chi connectivity index (χ1v) is 12.7. The minimum Gasteiger partial charge on any atom is -0.466 e. The van der Waals surface area contributed by atoms with Gasteiger partial charge in [0, 0.05) is 16.8 Å². The number of carbonyl (C=O) groups excluding carboxylic acids is 1. The van der Waals surface area contributed by atoms with Gasteiger partial charge in [0.15, 0.2) is 8.68 Å². The maximum atomic E-state index is 11.8. The minimum absolute atomic E-state index is 0.0930. The van der Waals surface area contributed by atoms with Crippen molar-refractivity contribution in [2.75, 3.05) is 23.4 Å². The summed E-state index contributed by atoms with van der Waals surface area (Å²) in [5.41, 5.74) is -0.387. The average Bonchev–Trinajstić information content (AvgIpc) is 3.02. The van der Waals surface area contributed by atoms with Gasteiger partial charge in [0.1, 0.15) is 0 Å². The summed E-state index contributed by atoms with van der Waals surface area (Å²) in [4.78, 5) is 11.8. The molecule has 0 N–H and O–H groups in total. The van der Waals surface area contributed by atoms with Crippen molar-refractivity contribution in [3.8, 4) is 0 Å². The normalized spacial score (nSPS) is 11.7. The second-order valence-electron chi connectivity index (χ2n) is 6.34. The number of nitrogens with zero attached hydrogens (tertiary/aromatic N) is 2. The van der Waals surface area contributed by atoms with Crippen molar-refractivity contribution >= 4 is 56.8 Å². The molecule has 0 unspecified atom stereocenters. The van der Waals surface area contributed by atoms with Crippen LogP contribution in [0.25, 0.3) is 0 Å². The average molecular weight is 470 g/mol. The van der Waals surface area contributed by atoms with Gasteiger partial charge in [0.05, 0.1) is 12.0 Å². The molecule has 1 aromatic rings. The summed E-state index contributed by atoms with van der Waals surface area (Å²) in [6.45, 7) is 6.23. The van der Waals surface area contributed by atoms with E-state index in [1.807, 2.05) is 32.5 Å². The Labute approximate surface area is 172 Å². The number of unbranched alkanes of at least 4 members (excludes halogenated alkanes) is 3. The van der Waals surface area contributed by atoms with Crippen LogP contribution in [0.4, 0.5) is 0 Å². The molecule has 0 bridgehead atoms. The Bertz CT molecular complexity index is 498. The minimum atomic E-state index is -0.387. The van der Waals surface area contributed by atoms with Gasteiger partial charge in [-0.05, 0) is 46.5 Å². The van der Waals surface area contributed by atoms with E-state index in [2.05, 4.69) is 26.1 Å². The van der Waals surface area contributed by atoms with Crippen LogP contribution in [0.15, 0.2) is 8.68 Å². The van der Waals surface area contributed by atoms with E-state index in [1.165, 1.54) is 19.3 Å². The first-order valence-electron chi connectivity index (χ1n) is 8.82. The summed E-state index contributed by atoms with van der Waals surface area (Å²) in [6.07, 6.45) is 6.69. The molecular weight excluding hydrogens is 440 g/mol. The second-order valence-corrected chi connectivity index (χ2v) is 10.8. The monoisotopic (exact) mass is 468 g/mol. The Kier molecular flexibility index (Phi) is 12.5. The third kappa shape index (κ3) is 10.2. The van der Waals surface area contributed by atoms with Crippen LogP contribution in [0, 0.1) is 5.41 Å². The van der Waals surface area contributed by atoms with Gasteiger partial charge < -0.3 is 4.74 Å². The van der Waals surface area contributed by atoms with E-state index in [4.69, 9.17) is 4.74 Å². The molecule has 0 fully saturated rings. The van der Waals surface area contributed by atoms with Crippen LogP contribution in [-0.2, 0) is 9.53 Å². The van der Waals surface area contributed by atoms with E-state index in [-0.39, 0.29) is 11.4 Å². The summed E-state index contributed by atoms with van der Waals surface area (Å²) in [5, 5.41) is 9.61. The van der Waals surface area contributed by atoms with Gasteiger partial charge in [-0.3, -0.25) is 4.79 Å². The molecule has 0 aliphatic heterocycles. The highest BCUT2D eigenvalue weighted by Gasteiger charge is 2.28.